The van der Waals surface area contributed by atoms with Gasteiger partial charge in [0.05, 0.1) is 5.69 Å². The summed E-state index contributed by atoms with van der Waals surface area (Å²) in [6.45, 7) is 6.69. The first-order chi connectivity index (χ1) is 16.3. The van der Waals surface area contributed by atoms with Crippen LogP contribution >= 0.6 is 0 Å². The van der Waals surface area contributed by atoms with Crippen molar-refractivity contribution in [1.82, 2.24) is 20.1 Å². The summed E-state index contributed by atoms with van der Waals surface area (Å²) in [7, 11) is 1.59. The number of oxazole rings is 1. The molecule has 1 aliphatic rings. The monoisotopic (exact) mass is 465 g/mol. The van der Waals surface area contributed by atoms with Crippen molar-refractivity contribution in [1.29, 1.82) is 0 Å². The molecule has 0 atom stereocenters. The van der Waals surface area contributed by atoms with Crippen molar-refractivity contribution >= 4 is 17.6 Å². The predicted octanol–water partition coefficient (Wildman–Crippen LogP) is 3.81. The number of hydrogen-bond donors (Lipinski definition) is 2. The molecule has 4 rings (SSSR count). The number of piperazine rings is 1. The van der Waals surface area contributed by atoms with Gasteiger partial charge in [-0.05, 0) is 55.8 Å². The van der Waals surface area contributed by atoms with Crippen LogP contribution in [0, 0.1) is 19.7 Å². The van der Waals surface area contributed by atoms with E-state index in [9.17, 15) is 14.0 Å². The maximum absolute atomic E-state index is 13.7. The van der Waals surface area contributed by atoms with Gasteiger partial charge in [0.2, 0.25) is 5.89 Å². The summed E-state index contributed by atoms with van der Waals surface area (Å²) in [6.07, 6.45) is 0. The van der Waals surface area contributed by atoms with Gasteiger partial charge in [0, 0.05) is 56.6 Å². The number of aryl methyl sites for hydroxylation is 2. The molecule has 0 saturated carbocycles. The first kappa shape index (κ1) is 23.4. The van der Waals surface area contributed by atoms with E-state index in [2.05, 4.69) is 20.5 Å². The van der Waals surface area contributed by atoms with E-state index >= 15 is 0 Å². The topological polar surface area (TPSA) is 90.7 Å². The van der Waals surface area contributed by atoms with E-state index in [1.165, 1.54) is 6.07 Å². The average Bonchev–Trinajstić information content (AvgIpc) is 3.21. The quantitative estimate of drug-likeness (QED) is 0.598. The third-order valence-electron chi connectivity index (χ3n) is 5.97. The molecule has 0 spiro atoms. The van der Waals surface area contributed by atoms with Crippen molar-refractivity contribution in [2.75, 3.05) is 38.5 Å². The van der Waals surface area contributed by atoms with Gasteiger partial charge in [-0.2, -0.15) is 0 Å². The van der Waals surface area contributed by atoms with Crippen LogP contribution < -0.4 is 10.6 Å². The van der Waals surface area contributed by atoms with Crippen LogP contribution in [0.3, 0.4) is 0 Å². The third-order valence-corrected chi connectivity index (χ3v) is 5.97. The molecule has 0 bridgehead atoms. The molecule has 0 aliphatic carbocycles. The van der Waals surface area contributed by atoms with Gasteiger partial charge in [-0.3, -0.25) is 9.69 Å². The molecule has 1 fully saturated rings. The lowest BCUT2D eigenvalue weighted by molar-refractivity contribution is 0.0963. The van der Waals surface area contributed by atoms with Gasteiger partial charge in [-0.1, -0.05) is 6.07 Å². The van der Waals surface area contributed by atoms with Crippen LogP contribution in [0.25, 0.3) is 11.5 Å². The van der Waals surface area contributed by atoms with E-state index in [0.717, 1.165) is 17.0 Å². The molecule has 178 valence electrons. The van der Waals surface area contributed by atoms with Gasteiger partial charge < -0.3 is 20.0 Å². The Bertz CT molecular complexity index is 1180. The number of carbonyl (C=O) groups is 2. The van der Waals surface area contributed by atoms with Crippen molar-refractivity contribution in [3.63, 3.8) is 0 Å². The molecule has 1 aromatic heterocycles. The first-order valence-corrected chi connectivity index (χ1v) is 11.2. The molecule has 1 aliphatic heterocycles. The molecule has 0 radical (unpaired) electrons. The van der Waals surface area contributed by atoms with E-state index < -0.39 is 0 Å². The molecule has 2 N–H and O–H groups in total. The number of urea groups is 1. The third kappa shape index (κ3) is 5.26. The summed E-state index contributed by atoms with van der Waals surface area (Å²) in [5, 5.41) is 5.36. The zero-order valence-corrected chi connectivity index (χ0v) is 19.5. The SMILES string of the molecule is CNC(=O)c1ccc(-c2nc(CN3CCN(C(=O)Nc4ccc(C)c(F)c4)CC3)c(C)o2)cc1. The molecule has 8 nitrogen and oxygen atoms in total. The van der Waals surface area contributed by atoms with Crippen molar-refractivity contribution in [2.24, 2.45) is 0 Å². The van der Waals surface area contributed by atoms with Crippen LogP contribution in [-0.2, 0) is 6.54 Å². The minimum Gasteiger partial charge on any atom is -0.441 e. The Morgan fingerprint density at radius 1 is 1.06 bits per heavy atom. The standard InChI is InChI=1S/C25H28FN5O3/c1-16-4-9-20(14-21(16)26)28-25(33)31-12-10-30(11-13-31)15-22-17(2)34-24(29-22)19-7-5-18(6-8-19)23(32)27-3/h4-9,14H,10-13,15H2,1-3H3,(H,27,32)(H,28,33). The number of hydrogen-bond acceptors (Lipinski definition) is 5. The Hall–Kier alpha value is -3.72. The Balaban J connectivity index is 1.32. The minimum absolute atomic E-state index is 0.144. The summed E-state index contributed by atoms with van der Waals surface area (Å²) in [5.74, 6) is 0.772. The molecule has 3 amide bonds. The molecule has 2 heterocycles. The molecule has 0 unspecified atom stereocenters. The lowest BCUT2D eigenvalue weighted by Gasteiger charge is -2.34. The normalized spacial score (nSPS) is 14.2. The summed E-state index contributed by atoms with van der Waals surface area (Å²) in [4.78, 5) is 32.9. The molecule has 3 aromatic rings. The first-order valence-electron chi connectivity index (χ1n) is 11.2. The van der Waals surface area contributed by atoms with Crippen molar-refractivity contribution in [3.8, 4) is 11.5 Å². The zero-order chi connectivity index (χ0) is 24.2. The number of anilines is 1. The number of amides is 3. The average molecular weight is 466 g/mol. The van der Waals surface area contributed by atoms with E-state index in [0.29, 0.717) is 55.4 Å². The molecule has 9 heteroatoms. The number of nitrogens with one attached hydrogen (secondary N) is 2. The van der Waals surface area contributed by atoms with Crippen LogP contribution in [0.15, 0.2) is 46.9 Å². The second-order valence-electron chi connectivity index (χ2n) is 8.34. The summed E-state index contributed by atoms with van der Waals surface area (Å²) < 4.78 is 19.6. The van der Waals surface area contributed by atoms with E-state index in [1.807, 2.05) is 19.1 Å². The van der Waals surface area contributed by atoms with Crippen molar-refractivity contribution in [3.05, 3.63) is 70.9 Å². The van der Waals surface area contributed by atoms with Gasteiger partial charge in [0.25, 0.3) is 5.91 Å². The highest BCUT2D eigenvalue weighted by molar-refractivity contribution is 5.94. The van der Waals surface area contributed by atoms with Gasteiger partial charge >= 0.3 is 6.03 Å². The Morgan fingerprint density at radius 3 is 2.41 bits per heavy atom. The Labute approximate surface area is 197 Å². The van der Waals surface area contributed by atoms with Gasteiger partial charge in [0.15, 0.2) is 0 Å². The number of carbonyl (C=O) groups excluding carboxylic acids is 2. The maximum atomic E-state index is 13.7. The van der Waals surface area contributed by atoms with Crippen LogP contribution in [-0.4, -0.2) is 59.9 Å². The second-order valence-corrected chi connectivity index (χ2v) is 8.34. The van der Waals surface area contributed by atoms with Crippen LogP contribution in [0.1, 0.15) is 27.4 Å². The number of nitrogens with zero attached hydrogens (tertiary/aromatic N) is 3. The number of halogens is 1. The van der Waals surface area contributed by atoms with Crippen molar-refractivity contribution in [2.45, 2.75) is 20.4 Å². The maximum Gasteiger partial charge on any atom is 0.321 e. The zero-order valence-electron chi connectivity index (χ0n) is 19.5. The summed E-state index contributed by atoms with van der Waals surface area (Å²) in [5.41, 5.74) is 3.21. The highest BCUT2D eigenvalue weighted by Crippen LogP contribution is 2.23. The predicted molar refractivity (Wildman–Crippen MR) is 127 cm³/mol. The Morgan fingerprint density at radius 2 is 1.76 bits per heavy atom. The van der Waals surface area contributed by atoms with Gasteiger partial charge in [0.1, 0.15) is 11.6 Å². The van der Waals surface area contributed by atoms with Gasteiger partial charge in [-0.25, -0.2) is 14.2 Å². The number of rotatable bonds is 5. The van der Waals surface area contributed by atoms with Crippen LogP contribution in [0.2, 0.25) is 0 Å². The smallest absolute Gasteiger partial charge is 0.321 e. The molecule has 34 heavy (non-hydrogen) atoms. The number of aromatic nitrogens is 1. The summed E-state index contributed by atoms with van der Waals surface area (Å²) in [6, 6.07) is 11.6. The number of benzene rings is 2. The highest BCUT2D eigenvalue weighted by Gasteiger charge is 2.23. The Kier molecular flexibility index (Phi) is 6.93. The molecule has 1 saturated heterocycles. The van der Waals surface area contributed by atoms with E-state index in [4.69, 9.17) is 4.42 Å². The van der Waals surface area contributed by atoms with Crippen LogP contribution in [0.4, 0.5) is 14.9 Å². The minimum atomic E-state index is -0.340. The largest absolute Gasteiger partial charge is 0.441 e. The van der Waals surface area contributed by atoms with Crippen LogP contribution in [0.5, 0.6) is 0 Å². The fourth-order valence-corrected chi connectivity index (χ4v) is 3.80. The van der Waals surface area contributed by atoms with Gasteiger partial charge in [-0.15, -0.1) is 0 Å². The molecular formula is C25H28FN5O3. The lowest BCUT2D eigenvalue weighted by atomic mass is 10.1. The summed E-state index contributed by atoms with van der Waals surface area (Å²) >= 11 is 0. The molecular weight excluding hydrogens is 437 g/mol. The van der Waals surface area contributed by atoms with Crippen molar-refractivity contribution < 1.29 is 18.4 Å². The molecule has 2 aromatic carbocycles. The second kappa shape index (κ2) is 10.0. The van der Waals surface area contributed by atoms with E-state index in [1.54, 1.807) is 43.1 Å². The fraction of sp³-hybridized carbons (Fsp3) is 0.320. The highest BCUT2D eigenvalue weighted by atomic mass is 19.1. The fourth-order valence-electron chi connectivity index (χ4n) is 3.80. The lowest BCUT2D eigenvalue weighted by Crippen LogP contribution is -2.49. The van der Waals surface area contributed by atoms with E-state index in [-0.39, 0.29) is 17.8 Å².